The molecular formula is C20H28O4. The summed E-state index contributed by atoms with van der Waals surface area (Å²) in [5.41, 5.74) is 0.701. The van der Waals surface area contributed by atoms with Crippen molar-refractivity contribution in [1.29, 1.82) is 0 Å². The van der Waals surface area contributed by atoms with Crippen molar-refractivity contribution in [3.63, 3.8) is 0 Å². The molecule has 1 saturated heterocycles. The normalized spacial score (nSPS) is 20.0. The van der Waals surface area contributed by atoms with Crippen molar-refractivity contribution >= 4 is 5.97 Å². The molecular weight excluding hydrogens is 304 g/mol. The number of carbonyl (C=O) groups is 1. The summed E-state index contributed by atoms with van der Waals surface area (Å²) in [6, 6.07) is 7.74. The van der Waals surface area contributed by atoms with Crippen molar-refractivity contribution in [3.05, 3.63) is 42.0 Å². The summed E-state index contributed by atoms with van der Waals surface area (Å²) in [5, 5.41) is 0. The zero-order valence-electron chi connectivity index (χ0n) is 15.0. The Morgan fingerprint density at radius 3 is 2.58 bits per heavy atom. The maximum absolute atomic E-state index is 12.0. The number of rotatable bonds is 7. The lowest BCUT2D eigenvalue weighted by molar-refractivity contribution is -0.155. The van der Waals surface area contributed by atoms with Gasteiger partial charge in [-0.25, -0.2) is 4.79 Å². The molecule has 2 rings (SSSR count). The fourth-order valence-electron chi connectivity index (χ4n) is 2.87. The number of esters is 1. The molecule has 0 N–H and O–H groups in total. The third kappa shape index (κ3) is 4.84. The molecule has 2 atom stereocenters. The van der Waals surface area contributed by atoms with Gasteiger partial charge in [-0.3, -0.25) is 0 Å². The van der Waals surface area contributed by atoms with Crippen LogP contribution in [0.15, 0.2) is 36.4 Å². The molecule has 1 aliphatic heterocycles. The molecule has 0 aliphatic carbocycles. The van der Waals surface area contributed by atoms with E-state index in [-0.39, 0.29) is 12.3 Å². The van der Waals surface area contributed by atoms with Gasteiger partial charge in [0.15, 0.2) is 6.29 Å². The Kier molecular flexibility index (Phi) is 6.44. The van der Waals surface area contributed by atoms with Crippen LogP contribution in [0.1, 0.15) is 58.4 Å². The van der Waals surface area contributed by atoms with Crippen LogP contribution in [0.3, 0.4) is 0 Å². The number of hydrogen-bond donors (Lipinski definition) is 0. The Hall–Kier alpha value is -1.81. The standard InChI is InChI=1S/C20H28O4/c1-5-13-20(4,24-19(21)15(2)3)16-9-11-17(12-10-16)23-18-8-6-7-14-22-18/h9-12,18H,2,5-8,13-14H2,1,3-4H3. The zero-order chi connectivity index (χ0) is 17.6. The SMILES string of the molecule is C=C(C)C(=O)OC(C)(CCC)c1ccc(OC2CCCCO2)cc1. The topological polar surface area (TPSA) is 44.8 Å². The van der Waals surface area contributed by atoms with E-state index >= 15 is 0 Å². The molecule has 24 heavy (non-hydrogen) atoms. The van der Waals surface area contributed by atoms with Gasteiger partial charge in [0.1, 0.15) is 11.4 Å². The maximum Gasteiger partial charge on any atom is 0.333 e. The van der Waals surface area contributed by atoms with Crippen LogP contribution in [0.4, 0.5) is 0 Å². The Labute approximate surface area is 144 Å². The average molecular weight is 332 g/mol. The summed E-state index contributed by atoms with van der Waals surface area (Å²) < 4.78 is 17.2. The van der Waals surface area contributed by atoms with E-state index in [1.807, 2.05) is 31.2 Å². The number of hydrogen-bond acceptors (Lipinski definition) is 4. The molecule has 1 aliphatic rings. The minimum absolute atomic E-state index is 0.159. The molecule has 1 fully saturated rings. The summed E-state index contributed by atoms with van der Waals surface area (Å²) in [5.74, 6) is 0.414. The summed E-state index contributed by atoms with van der Waals surface area (Å²) in [6.45, 7) is 10.1. The van der Waals surface area contributed by atoms with Gasteiger partial charge in [-0.2, -0.15) is 0 Å². The molecule has 0 saturated carbocycles. The first kappa shape index (κ1) is 18.5. The van der Waals surface area contributed by atoms with Gasteiger partial charge < -0.3 is 14.2 Å². The molecule has 4 nitrogen and oxygen atoms in total. The Balaban J connectivity index is 2.09. The zero-order valence-corrected chi connectivity index (χ0v) is 15.0. The van der Waals surface area contributed by atoms with Gasteiger partial charge in [-0.15, -0.1) is 0 Å². The second-order valence-corrected chi connectivity index (χ2v) is 6.59. The first-order valence-electron chi connectivity index (χ1n) is 8.72. The summed E-state index contributed by atoms with van der Waals surface area (Å²) in [4.78, 5) is 12.0. The van der Waals surface area contributed by atoms with Crippen molar-refractivity contribution in [3.8, 4) is 5.75 Å². The third-order valence-electron chi connectivity index (χ3n) is 4.26. The third-order valence-corrected chi connectivity index (χ3v) is 4.26. The summed E-state index contributed by atoms with van der Waals surface area (Å²) in [7, 11) is 0. The highest BCUT2D eigenvalue weighted by Crippen LogP contribution is 2.33. The first-order valence-corrected chi connectivity index (χ1v) is 8.72. The highest BCUT2D eigenvalue weighted by molar-refractivity contribution is 5.87. The van der Waals surface area contributed by atoms with Crippen LogP contribution in [-0.2, 0) is 19.9 Å². The molecule has 1 heterocycles. The van der Waals surface area contributed by atoms with E-state index in [9.17, 15) is 4.79 Å². The summed E-state index contributed by atoms with van der Waals surface area (Å²) >= 11 is 0. The lowest BCUT2D eigenvalue weighted by Crippen LogP contribution is -2.29. The smallest absolute Gasteiger partial charge is 0.333 e. The van der Waals surface area contributed by atoms with E-state index < -0.39 is 5.60 Å². The lowest BCUT2D eigenvalue weighted by Gasteiger charge is -2.30. The van der Waals surface area contributed by atoms with Gasteiger partial charge in [0.05, 0.1) is 6.61 Å². The van der Waals surface area contributed by atoms with Crippen molar-refractivity contribution in [2.45, 2.75) is 64.8 Å². The van der Waals surface area contributed by atoms with Crippen molar-refractivity contribution in [2.75, 3.05) is 6.61 Å². The maximum atomic E-state index is 12.0. The van der Waals surface area contributed by atoms with Crippen LogP contribution in [0.5, 0.6) is 5.75 Å². The lowest BCUT2D eigenvalue weighted by atomic mass is 9.91. The summed E-state index contributed by atoms with van der Waals surface area (Å²) in [6.07, 6.45) is 4.65. The largest absolute Gasteiger partial charge is 0.465 e. The molecule has 0 radical (unpaired) electrons. The molecule has 0 amide bonds. The molecule has 1 aromatic carbocycles. The fourth-order valence-corrected chi connectivity index (χ4v) is 2.87. The predicted molar refractivity (Wildman–Crippen MR) is 93.8 cm³/mol. The van der Waals surface area contributed by atoms with Gasteiger partial charge in [0, 0.05) is 12.0 Å². The van der Waals surface area contributed by atoms with E-state index in [0.717, 1.165) is 50.0 Å². The van der Waals surface area contributed by atoms with Crippen LogP contribution in [0.25, 0.3) is 0 Å². The molecule has 1 aromatic rings. The van der Waals surface area contributed by atoms with Gasteiger partial charge in [0.2, 0.25) is 0 Å². The van der Waals surface area contributed by atoms with Crippen molar-refractivity contribution in [1.82, 2.24) is 0 Å². The Morgan fingerprint density at radius 1 is 1.33 bits per heavy atom. The quantitative estimate of drug-likeness (QED) is 0.535. The van der Waals surface area contributed by atoms with Crippen LogP contribution in [0, 0.1) is 0 Å². The minimum atomic E-state index is -0.662. The molecule has 0 spiro atoms. The highest BCUT2D eigenvalue weighted by atomic mass is 16.7. The predicted octanol–water partition coefficient (Wildman–Crippen LogP) is 4.73. The highest BCUT2D eigenvalue weighted by Gasteiger charge is 2.30. The number of benzene rings is 1. The first-order chi connectivity index (χ1) is 11.4. The molecule has 2 unspecified atom stereocenters. The number of ether oxygens (including phenoxy) is 3. The molecule has 132 valence electrons. The van der Waals surface area contributed by atoms with Crippen LogP contribution >= 0.6 is 0 Å². The molecule has 0 bridgehead atoms. The Bertz CT molecular complexity index is 558. The van der Waals surface area contributed by atoms with E-state index in [2.05, 4.69) is 13.5 Å². The van der Waals surface area contributed by atoms with Crippen LogP contribution < -0.4 is 4.74 Å². The van der Waals surface area contributed by atoms with Crippen LogP contribution in [0.2, 0.25) is 0 Å². The second-order valence-electron chi connectivity index (χ2n) is 6.59. The molecule has 0 aromatic heterocycles. The molecule has 4 heteroatoms. The fraction of sp³-hybridized carbons (Fsp3) is 0.550. The van der Waals surface area contributed by atoms with Gasteiger partial charge in [-0.1, -0.05) is 32.1 Å². The average Bonchev–Trinajstić information content (AvgIpc) is 2.56. The van der Waals surface area contributed by atoms with E-state index in [4.69, 9.17) is 14.2 Å². The second kappa shape index (κ2) is 8.34. The minimum Gasteiger partial charge on any atom is -0.465 e. The van der Waals surface area contributed by atoms with Crippen molar-refractivity contribution in [2.24, 2.45) is 0 Å². The van der Waals surface area contributed by atoms with Crippen LogP contribution in [-0.4, -0.2) is 18.9 Å². The van der Waals surface area contributed by atoms with Gasteiger partial charge >= 0.3 is 5.97 Å². The van der Waals surface area contributed by atoms with E-state index in [1.165, 1.54) is 0 Å². The van der Waals surface area contributed by atoms with E-state index in [0.29, 0.717) is 5.57 Å². The van der Waals surface area contributed by atoms with Crippen molar-refractivity contribution < 1.29 is 19.0 Å². The van der Waals surface area contributed by atoms with E-state index in [1.54, 1.807) is 6.92 Å². The monoisotopic (exact) mass is 332 g/mol. The van der Waals surface area contributed by atoms with Gasteiger partial charge in [0.25, 0.3) is 0 Å². The number of carbonyl (C=O) groups excluding carboxylic acids is 1. The van der Waals surface area contributed by atoms with Gasteiger partial charge in [-0.05, 0) is 50.8 Å². The Morgan fingerprint density at radius 2 is 2.04 bits per heavy atom.